The van der Waals surface area contributed by atoms with Crippen molar-refractivity contribution < 1.29 is 19.0 Å². The van der Waals surface area contributed by atoms with Crippen molar-refractivity contribution in [2.24, 2.45) is 0 Å². The average Bonchev–Trinajstić information content (AvgIpc) is 3.46. The van der Waals surface area contributed by atoms with Crippen LogP contribution in [0.1, 0.15) is 23.2 Å². The number of nitrogens with one attached hydrogen (secondary N) is 2. The number of hydrogen-bond acceptors (Lipinski definition) is 10. The second-order valence-corrected chi connectivity index (χ2v) is 8.33. The molecule has 3 heterocycles. The maximum atomic E-state index is 12.0. The lowest BCUT2D eigenvalue weighted by atomic mass is 10.2. The van der Waals surface area contributed by atoms with Crippen LogP contribution in [-0.4, -0.2) is 99.8 Å². The van der Waals surface area contributed by atoms with Crippen molar-refractivity contribution in [3.05, 3.63) is 35.9 Å². The SMILES string of the molecule is O=C(NCCOCCOCCNc1nc(N2CCCC2)nc(N2CCOCC2)n1)c1ccccc1. The van der Waals surface area contributed by atoms with Gasteiger partial charge in [0.2, 0.25) is 17.8 Å². The van der Waals surface area contributed by atoms with E-state index in [-0.39, 0.29) is 5.91 Å². The normalized spacial score (nSPS) is 15.9. The third-order valence-corrected chi connectivity index (χ3v) is 5.76. The van der Waals surface area contributed by atoms with Gasteiger partial charge in [0.25, 0.3) is 5.91 Å². The molecule has 11 heteroatoms. The summed E-state index contributed by atoms with van der Waals surface area (Å²) in [6.45, 7) is 7.81. The summed E-state index contributed by atoms with van der Waals surface area (Å²) < 4.78 is 16.6. The minimum absolute atomic E-state index is 0.0977. The molecule has 0 saturated carbocycles. The number of amides is 1. The number of carbonyl (C=O) groups is 1. The Bertz CT molecular complexity index is 906. The highest BCUT2D eigenvalue weighted by Crippen LogP contribution is 2.21. The standard InChI is InChI=1S/C24H35N7O4/c32-21(20-6-2-1-3-7-20)25-8-14-33-18-19-34-15-9-26-22-27-23(30-10-4-5-11-30)29-24(28-22)31-12-16-35-17-13-31/h1-3,6-7H,4-5,8-19H2,(H,25,32)(H,26,27,28,29). The zero-order chi connectivity index (χ0) is 24.1. The maximum Gasteiger partial charge on any atom is 0.251 e. The number of carbonyl (C=O) groups excluding carboxylic acids is 1. The van der Waals surface area contributed by atoms with E-state index in [0.29, 0.717) is 70.2 Å². The van der Waals surface area contributed by atoms with Crippen molar-refractivity contribution in [1.82, 2.24) is 20.3 Å². The first-order valence-electron chi connectivity index (χ1n) is 12.4. The second-order valence-electron chi connectivity index (χ2n) is 8.33. The number of morpholine rings is 1. The first kappa shape index (κ1) is 25.1. The lowest BCUT2D eigenvalue weighted by Gasteiger charge is -2.28. The predicted octanol–water partition coefficient (Wildman–Crippen LogP) is 1.18. The van der Waals surface area contributed by atoms with Crippen molar-refractivity contribution in [2.75, 3.05) is 94.0 Å². The molecule has 2 aliphatic heterocycles. The van der Waals surface area contributed by atoms with Crippen LogP contribution in [0.15, 0.2) is 30.3 Å². The van der Waals surface area contributed by atoms with Crippen LogP contribution >= 0.6 is 0 Å². The van der Waals surface area contributed by atoms with Crippen LogP contribution in [0.3, 0.4) is 0 Å². The Labute approximate surface area is 206 Å². The zero-order valence-electron chi connectivity index (χ0n) is 20.2. The lowest BCUT2D eigenvalue weighted by Crippen LogP contribution is -2.38. The molecule has 1 amide bonds. The number of ether oxygens (including phenoxy) is 3. The summed E-state index contributed by atoms with van der Waals surface area (Å²) >= 11 is 0. The van der Waals surface area contributed by atoms with E-state index >= 15 is 0 Å². The van der Waals surface area contributed by atoms with Crippen LogP contribution < -0.4 is 20.4 Å². The van der Waals surface area contributed by atoms with E-state index in [1.165, 1.54) is 0 Å². The number of anilines is 3. The molecule has 0 unspecified atom stereocenters. The van der Waals surface area contributed by atoms with Crippen molar-refractivity contribution in [2.45, 2.75) is 12.8 Å². The number of aromatic nitrogens is 3. The van der Waals surface area contributed by atoms with Crippen LogP contribution in [0.4, 0.5) is 17.8 Å². The molecule has 2 aromatic rings. The Hall–Kier alpha value is -3.02. The van der Waals surface area contributed by atoms with Gasteiger partial charge >= 0.3 is 0 Å². The van der Waals surface area contributed by atoms with Crippen molar-refractivity contribution in [3.8, 4) is 0 Å². The molecule has 190 valence electrons. The van der Waals surface area contributed by atoms with Gasteiger partial charge in [-0.15, -0.1) is 0 Å². The first-order valence-corrected chi connectivity index (χ1v) is 12.4. The van der Waals surface area contributed by atoms with Gasteiger partial charge in [-0.25, -0.2) is 0 Å². The van der Waals surface area contributed by atoms with E-state index in [1.54, 1.807) is 12.1 Å². The Morgan fingerprint density at radius 3 is 2.14 bits per heavy atom. The number of benzene rings is 1. The zero-order valence-corrected chi connectivity index (χ0v) is 20.2. The summed E-state index contributed by atoms with van der Waals surface area (Å²) in [7, 11) is 0. The number of nitrogens with zero attached hydrogens (tertiary/aromatic N) is 5. The van der Waals surface area contributed by atoms with Crippen LogP contribution in [0, 0.1) is 0 Å². The molecule has 2 N–H and O–H groups in total. The van der Waals surface area contributed by atoms with Gasteiger partial charge in [0.05, 0.1) is 39.6 Å². The fraction of sp³-hybridized carbons (Fsp3) is 0.583. The molecule has 2 saturated heterocycles. The summed E-state index contributed by atoms with van der Waals surface area (Å²) in [5.41, 5.74) is 0.645. The molecule has 0 aliphatic carbocycles. The minimum atomic E-state index is -0.0977. The highest BCUT2D eigenvalue weighted by Gasteiger charge is 2.21. The maximum absolute atomic E-state index is 12.0. The molecule has 0 radical (unpaired) electrons. The fourth-order valence-corrected chi connectivity index (χ4v) is 3.88. The van der Waals surface area contributed by atoms with Crippen molar-refractivity contribution >= 4 is 23.8 Å². The largest absolute Gasteiger partial charge is 0.378 e. The van der Waals surface area contributed by atoms with Gasteiger partial charge in [-0.3, -0.25) is 4.79 Å². The van der Waals surface area contributed by atoms with E-state index < -0.39 is 0 Å². The van der Waals surface area contributed by atoms with E-state index in [9.17, 15) is 4.79 Å². The first-order chi connectivity index (χ1) is 17.3. The fourth-order valence-electron chi connectivity index (χ4n) is 3.88. The van der Waals surface area contributed by atoms with Gasteiger partial charge in [-0.1, -0.05) is 18.2 Å². The van der Waals surface area contributed by atoms with Crippen LogP contribution in [0.25, 0.3) is 0 Å². The molecule has 0 bridgehead atoms. The Morgan fingerprint density at radius 2 is 1.46 bits per heavy atom. The van der Waals surface area contributed by atoms with Gasteiger partial charge < -0.3 is 34.6 Å². The number of hydrogen-bond donors (Lipinski definition) is 2. The molecule has 0 spiro atoms. The molecule has 0 atom stereocenters. The quantitative estimate of drug-likeness (QED) is 0.401. The van der Waals surface area contributed by atoms with Crippen LogP contribution in [0.5, 0.6) is 0 Å². The summed E-state index contributed by atoms with van der Waals surface area (Å²) in [5, 5.41) is 6.10. The third-order valence-electron chi connectivity index (χ3n) is 5.76. The van der Waals surface area contributed by atoms with Gasteiger partial charge in [0.1, 0.15) is 0 Å². The van der Waals surface area contributed by atoms with Crippen LogP contribution in [-0.2, 0) is 14.2 Å². The molecule has 1 aromatic carbocycles. The van der Waals surface area contributed by atoms with Crippen molar-refractivity contribution in [1.29, 1.82) is 0 Å². The van der Waals surface area contributed by atoms with Gasteiger partial charge in [-0.2, -0.15) is 15.0 Å². The average molecular weight is 486 g/mol. The molecule has 4 rings (SSSR count). The highest BCUT2D eigenvalue weighted by atomic mass is 16.5. The second kappa shape index (κ2) is 13.8. The molecule has 2 fully saturated rings. The molecule has 11 nitrogen and oxygen atoms in total. The summed E-state index contributed by atoms with van der Waals surface area (Å²) in [6.07, 6.45) is 2.33. The topological polar surface area (TPSA) is 114 Å². The lowest BCUT2D eigenvalue weighted by molar-refractivity contribution is 0.0519. The van der Waals surface area contributed by atoms with E-state index in [1.807, 2.05) is 18.2 Å². The molecular weight excluding hydrogens is 450 g/mol. The third kappa shape index (κ3) is 8.01. The van der Waals surface area contributed by atoms with E-state index in [4.69, 9.17) is 19.2 Å². The van der Waals surface area contributed by atoms with Crippen molar-refractivity contribution in [3.63, 3.8) is 0 Å². The summed E-state index contributed by atoms with van der Waals surface area (Å²) in [4.78, 5) is 30.3. The monoisotopic (exact) mass is 485 g/mol. The number of rotatable bonds is 13. The smallest absolute Gasteiger partial charge is 0.251 e. The predicted molar refractivity (Wildman–Crippen MR) is 133 cm³/mol. The summed E-state index contributed by atoms with van der Waals surface area (Å²) in [6, 6.07) is 9.13. The molecular formula is C24H35N7O4. The van der Waals surface area contributed by atoms with Gasteiger partial charge in [0.15, 0.2) is 0 Å². The molecule has 2 aliphatic rings. The van der Waals surface area contributed by atoms with Gasteiger partial charge in [-0.05, 0) is 25.0 Å². The van der Waals surface area contributed by atoms with E-state index in [2.05, 4.69) is 30.4 Å². The molecule has 35 heavy (non-hydrogen) atoms. The molecule has 1 aromatic heterocycles. The minimum Gasteiger partial charge on any atom is -0.378 e. The van der Waals surface area contributed by atoms with Gasteiger partial charge in [0, 0.05) is 44.8 Å². The summed E-state index contributed by atoms with van der Waals surface area (Å²) in [5.74, 6) is 1.90. The van der Waals surface area contributed by atoms with Crippen LogP contribution in [0.2, 0.25) is 0 Å². The Morgan fingerprint density at radius 1 is 0.829 bits per heavy atom. The Balaban J connectivity index is 1.12. The Kier molecular flexibility index (Phi) is 9.86. The highest BCUT2D eigenvalue weighted by molar-refractivity contribution is 5.94. The van der Waals surface area contributed by atoms with E-state index in [0.717, 1.165) is 45.0 Å².